The second kappa shape index (κ2) is 11.7. The molecule has 4 heterocycles. The molecule has 278 valence electrons. The summed E-state index contributed by atoms with van der Waals surface area (Å²) < 4.78 is 9.33. The van der Waals surface area contributed by atoms with E-state index in [1.54, 1.807) is 0 Å². The zero-order chi connectivity index (χ0) is 39.0. The van der Waals surface area contributed by atoms with E-state index >= 15 is 0 Å². The molecule has 0 atom stereocenters. The summed E-state index contributed by atoms with van der Waals surface area (Å²) in [6.07, 6.45) is 0. The van der Waals surface area contributed by atoms with E-state index in [1.165, 1.54) is 39.1 Å². The Hall–Kier alpha value is -7.70. The molecule has 0 unspecified atom stereocenters. The van der Waals surface area contributed by atoms with E-state index in [-0.39, 0.29) is 5.41 Å². The molecule has 0 saturated carbocycles. The summed E-state index contributed by atoms with van der Waals surface area (Å²) >= 11 is 0. The van der Waals surface area contributed by atoms with Crippen LogP contribution in [-0.4, -0.2) is 27.9 Å². The number of nitrogens with zero attached hydrogens (tertiary/aromatic N) is 6. The minimum absolute atomic E-state index is 0.180. The summed E-state index contributed by atoms with van der Waals surface area (Å²) in [4.78, 5) is 10.5. The van der Waals surface area contributed by atoms with Gasteiger partial charge in [0, 0.05) is 11.1 Å². The highest BCUT2D eigenvalue weighted by molar-refractivity contribution is 5.98. The molecule has 0 amide bonds. The van der Waals surface area contributed by atoms with Crippen LogP contribution in [0.4, 0.5) is 0 Å². The molecule has 0 aliphatic heterocycles. The molecular formula is C53H36N6. The van der Waals surface area contributed by atoms with Crippen LogP contribution in [0.3, 0.4) is 0 Å². The molecule has 13 rings (SSSR count). The molecule has 0 saturated heterocycles. The summed E-state index contributed by atoms with van der Waals surface area (Å²) in [6.45, 7) is 4.71. The van der Waals surface area contributed by atoms with E-state index in [4.69, 9.17) is 9.97 Å². The Kier molecular flexibility index (Phi) is 6.41. The third-order valence-electron chi connectivity index (χ3n) is 12.8. The van der Waals surface area contributed by atoms with Crippen LogP contribution in [0.15, 0.2) is 182 Å². The van der Waals surface area contributed by atoms with Crippen molar-refractivity contribution < 1.29 is 0 Å². The fraction of sp³-hybridized carbons (Fsp3) is 0.0566. The zero-order valence-electron chi connectivity index (χ0n) is 32.5. The molecule has 0 fully saturated rings. The number of fused-ring (bicyclic) bond motifs is 13. The maximum Gasteiger partial charge on any atom is 0.220 e. The smallest absolute Gasteiger partial charge is 0.220 e. The first-order valence-corrected chi connectivity index (χ1v) is 20.3. The quantitative estimate of drug-likeness (QED) is 0.179. The van der Waals surface area contributed by atoms with Gasteiger partial charge in [-0.3, -0.25) is 17.9 Å². The van der Waals surface area contributed by atoms with Crippen molar-refractivity contribution in [3.8, 4) is 44.8 Å². The molecule has 0 bridgehead atoms. The highest BCUT2D eigenvalue weighted by Crippen LogP contribution is 2.51. The summed E-state index contributed by atoms with van der Waals surface area (Å²) in [6, 6.07) is 65.6. The Bertz CT molecular complexity index is 3690. The van der Waals surface area contributed by atoms with Crippen LogP contribution in [-0.2, 0) is 5.41 Å². The van der Waals surface area contributed by atoms with Gasteiger partial charge in [-0.15, -0.1) is 0 Å². The number of hydrogen-bond donors (Lipinski definition) is 0. The third kappa shape index (κ3) is 4.40. The van der Waals surface area contributed by atoms with Gasteiger partial charge in [0.15, 0.2) is 0 Å². The Morgan fingerprint density at radius 1 is 0.390 bits per heavy atom. The molecule has 1 aliphatic carbocycles. The minimum atomic E-state index is -0.180. The second-order valence-electron chi connectivity index (χ2n) is 16.3. The Balaban J connectivity index is 1.03. The number of benzene rings is 8. The van der Waals surface area contributed by atoms with Crippen molar-refractivity contribution >= 4 is 55.7 Å². The lowest BCUT2D eigenvalue weighted by Crippen LogP contribution is -2.18. The van der Waals surface area contributed by atoms with E-state index in [2.05, 4.69) is 214 Å². The number of hydrogen-bond acceptors (Lipinski definition) is 2. The molecule has 59 heavy (non-hydrogen) atoms. The van der Waals surface area contributed by atoms with Gasteiger partial charge in [0.1, 0.15) is 0 Å². The van der Waals surface area contributed by atoms with E-state index < -0.39 is 0 Å². The first-order chi connectivity index (χ1) is 29.0. The Morgan fingerprint density at radius 3 is 1.59 bits per heavy atom. The summed E-state index contributed by atoms with van der Waals surface area (Å²) in [7, 11) is 0. The zero-order valence-corrected chi connectivity index (χ0v) is 32.5. The first-order valence-electron chi connectivity index (χ1n) is 20.3. The molecule has 0 spiro atoms. The largest absolute Gasteiger partial charge is 0.278 e. The maximum absolute atomic E-state index is 5.32. The molecule has 6 nitrogen and oxygen atoms in total. The van der Waals surface area contributed by atoms with Crippen molar-refractivity contribution in [2.75, 3.05) is 0 Å². The van der Waals surface area contributed by atoms with Gasteiger partial charge in [-0.05, 0) is 111 Å². The number of imidazole rings is 4. The topological polar surface area (TPSA) is 44.5 Å². The highest BCUT2D eigenvalue weighted by atomic mass is 15.2. The van der Waals surface area contributed by atoms with Gasteiger partial charge in [-0.1, -0.05) is 129 Å². The van der Waals surface area contributed by atoms with Crippen LogP contribution in [0.5, 0.6) is 0 Å². The van der Waals surface area contributed by atoms with Gasteiger partial charge < -0.3 is 0 Å². The Morgan fingerprint density at radius 2 is 0.915 bits per heavy atom. The van der Waals surface area contributed by atoms with Gasteiger partial charge >= 0.3 is 0 Å². The Labute approximate surface area is 339 Å². The van der Waals surface area contributed by atoms with Crippen LogP contribution in [0.2, 0.25) is 0 Å². The summed E-state index contributed by atoms with van der Waals surface area (Å²) in [5, 5.41) is 0. The van der Waals surface area contributed by atoms with E-state index in [0.29, 0.717) is 0 Å². The van der Waals surface area contributed by atoms with Crippen LogP contribution in [0.25, 0.3) is 100 Å². The van der Waals surface area contributed by atoms with Gasteiger partial charge in [0.05, 0.1) is 49.8 Å². The standard InChI is InChI=1S/C53H36N6/c1-53(2)40-17-7-6-15-38(40)39-16-12-22-47(50(39)53)59-46-30-26-36(32-49(46)58-44-21-11-9-19-42(44)55-52(58)59)35-25-29-45-48(31-35)57-43-20-10-8-18-41(43)54-51(57)56(45)37-27-23-34(24-28-37)33-13-4-3-5-14-33/h3-32H,1-2H3. The van der Waals surface area contributed by atoms with Crippen LogP contribution >= 0.6 is 0 Å². The van der Waals surface area contributed by atoms with Gasteiger partial charge in [-0.25, -0.2) is 9.97 Å². The normalized spacial score (nSPS) is 13.4. The lowest BCUT2D eigenvalue weighted by molar-refractivity contribution is 0.656. The first kappa shape index (κ1) is 32.4. The molecule has 4 aromatic heterocycles. The second-order valence-corrected chi connectivity index (χ2v) is 16.3. The molecule has 12 aromatic rings. The fourth-order valence-electron chi connectivity index (χ4n) is 10.1. The lowest BCUT2D eigenvalue weighted by atomic mass is 9.81. The van der Waals surface area contributed by atoms with Crippen molar-refractivity contribution in [3.63, 3.8) is 0 Å². The van der Waals surface area contributed by atoms with Gasteiger partial charge in [0.2, 0.25) is 11.6 Å². The van der Waals surface area contributed by atoms with Crippen LogP contribution in [0, 0.1) is 0 Å². The van der Waals surface area contributed by atoms with E-state index in [9.17, 15) is 0 Å². The van der Waals surface area contributed by atoms with Crippen molar-refractivity contribution in [3.05, 3.63) is 193 Å². The SMILES string of the molecule is CC1(C)c2ccccc2-c2cccc(-n3c4ccc(-c5ccc6c(c5)n5c7ccccc7nc5n6-c5ccc(-c6ccccc6)cc5)cc4n4c5ccccc5nc34)c21. The van der Waals surface area contributed by atoms with E-state index in [1.807, 2.05) is 0 Å². The van der Waals surface area contributed by atoms with Crippen molar-refractivity contribution in [1.82, 2.24) is 27.9 Å². The monoisotopic (exact) mass is 756 g/mol. The van der Waals surface area contributed by atoms with Gasteiger partial charge in [0.25, 0.3) is 0 Å². The summed E-state index contributed by atoms with van der Waals surface area (Å²) in [5.41, 5.74) is 20.6. The molecule has 1 aliphatic rings. The summed E-state index contributed by atoms with van der Waals surface area (Å²) in [5.74, 6) is 1.81. The number of aromatic nitrogens is 6. The van der Waals surface area contributed by atoms with Crippen molar-refractivity contribution in [1.29, 1.82) is 0 Å². The molecular weight excluding hydrogens is 721 g/mol. The van der Waals surface area contributed by atoms with Crippen LogP contribution in [0.1, 0.15) is 25.0 Å². The molecule has 0 radical (unpaired) electrons. The molecule has 8 aromatic carbocycles. The maximum atomic E-state index is 5.32. The van der Waals surface area contributed by atoms with Gasteiger partial charge in [-0.2, -0.15) is 0 Å². The van der Waals surface area contributed by atoms with Crippen molar-refractivity contribution in [2.24, 2.45) is 0 Å². The number of rotatable bonds is 4. The average molecular weight is 757 g/mol. The van der Waals surface area contributed by atoms with E-state index in [0.717, 1.165) is 72.5 Å². The molecule has 0 N–H and O–H groups in total. The molecule has 6 heteroatoms. The predicted molar refractivity (Wildman–Crippen MR) is 241 cm³/mol. The third-order valence-corrected chi connectivity index (χ3v) is 12.8. The highest BCUT2D eigenvalue weighted by Gasteiger charge is 2.38. The predicted octanol–water partition coefficient (Wildman–Crippen LogP) is 12.8. The van der Waals surface area contributed by atoms with Crippen molar-refractivity contribution in [2.45, 2.75) is 19.3 Å². The average Bonchev–Trinajstić information content (AvgIpc) is 4.06. The lowest BCUT2D eigenvalue weighted by Gasteiger charge is -2.24. The number of para-hydroxylation sites is 4. The minimum Gasteiger partial charge on any atom is -0.278 e. The van der Waals surface area contributed by atoms with Crippen LogP contribution < -0.4 is 0 Å². The fourth-order valence-corrected chi connectivity index (χ4v) is 10.1.